The molecule has 25 heavy (non-hydrogen) atoms. The molecule has 0 aliphatic heterocycles. The smallest absolute Gasteiger partial charge is 0.223 e. The van der Waals surface area contributed by atoms with Crippen LogP contribution in [-0.4, -0.2) is 24.9 Å². The van der Waals surface area contributed by atoms with E-state index in [-0.39, 0.29) is 11.3 Å². The number of hydrogen-bond acceptors (Lipinski definition) is 2. The van der Waals surface area contributed by atoms with Crippen molar-refractivity contribution in [2.45, 2.75) is 78.7 Å². The second kappa shape index (κ2) is 13.9. The minimum Gasteiger partial charge on any atom is -0.369 e. The van der Waals surface area contributed by atoms with E-state index in [4.69, 9.17) is 5.73 Å². The SMILES string of the molecule is CCCCCCCC(CC)(CC)C(N)=O.CN(C)Cc1ccccc1. The predicted molar refractivity (Wildman–Crippen MR) is 109 cm³/mol. The van der Waals surface area contributed by atoms with Crippen molar-refractivity contribution in [2.75, 3.05) is 14.1 Å². The lowest BCUT2D eigenvalue weighted by molar-refractivity contribution is -0.128. The highest BCUT2D eigenvalue weighted by Gasteiger charge is 2.31. The van der Waals surface area contributed by atoms with Gasteiger partial charge in [-0.1, -0.05) is 83.2 Å². The van der Waals surface area contributed by atoms with Gasteiger partial charge in [-0.2, -0.15) is 0 Å². The molecule has 0 heterocycles. The second-order valence-corrected chi connectivity index (χ2v) is 7.24. The maximum Gasteiger partial charge on any atom is 0.223 e. The minimum atomic E-state index is -0.230. The number of nitrogens with zero attached hydrogens (tertiary/aromatic N) is 1. The summed E-state index contributed by atoms with van der Waals surface area (Å²) >= 11 is 0. The van der Waals surface area contributed by atoms with Crippen LogP contribution >= 0.6 is 0 Å². The summed E-state index contributed by atoms with van der Waals surface area (Å²) in [5.41, 5.74) is 6.63. The highest BCUT2D eigenvalue weighted by Crippen LogP contribution is 2.32. The predicted octanol–water partition coefficient (Wildman–Crippen LogP) is 5.39. The molecule has 0 saturated heterocycles. The summed E-state index contributed by atoms with van der Waals surface area (Å²) in [7, 11) is 4.15. The van der Waals surface area contributed by atoms with Gasteiger partial charge in [0.05, 0.1) is 0 Å². The number of unbranched alkanes of at least 4 members (excludes halogenated alkanes) is 4. The summed E-state index contributed by atoms with van der Waals surface area (Å²) in [4.78, 5) is 13.6. The zero-order valence-corrected chi connectivity index (χ0v) is 17.2. The van der Waals surface area contributed by atoms with Gasteiger partial charge in [0.2, 0.25) is 5.91 Å². The van der Waals surface area contributed by atoms with E-state index in [1.807, 2.05) is 6.07 Å². The summed E-state index contributed by atoms with van der Waals surface area (Å²) in [5, 5.41) is 0. The summed E-state index contributed by atoms with van der Waals surface area (Å²) in [5.74, 6) is -0.108. The van der Waals surface area contributed by atoms with Gasteiger partial charge in [0.1, 0.15) is 0 Å². The first-order valence-corrected chi connectivity index (χ1v) is 9.90. The fourth-order valence-electron chi connectivity index (χ4n) is 3.09. The van der Waals surface area contributed by atoms with Crippen molar-refractivity contribution in [3.05, 3.63) is 35.9 Å². The number of carbonyl (C=O) groups excluding carboxylic acids is 1. The Morgan fingerprint density at radius 2 is 1.52 bits per heavy atom. The van der Waals surface area contributed by atoms with Crippen LogP contribution in [0.1, 0.15) is 77.7 Å². The minimum absolute atomic E-state index is 0.108. The molecule has 0 fully saturated rings. The third-order valence-corrected chi connectivity index (χ3v) is 4.98. The number of amides is 1. The van der Waals surface area contributed by atoms with E-state index in [1.165, 1.54) is 31.2 Å². The third kappa shape index (κ3) is 10.3. The Hall–Kier alpha value is -1.35. The first-order valence-electron chi connectivity index (χ1n) is 9.90. The van der Waals surface area contributed by atoms with Crippen molar-refractivity contribution < 1.29 is 4.79 Å². The lowest BCUT2D eigenvalue weighted by atomic mass is 9.77. The monoisotopic (exact) mass is 348 g/mol. The van der Waals surface area contributed by atoms with Gasteiger partial charge in [-0.15, -0.1) is 0 Å². The summed E-state index contributed by atoms with van der Waals surface area (Å²) in [6.45, 7) is 7.38. The van der Waals surface area contributed by atoms with Crippen LogP contribution in [0.2, 0.25) is 0 Å². The quantitative estimate of drug-likeness (QED) is 0.545. The number of rotatable bonds is 11. The highest BCUT2D eigenvalue weighted by molar-refractivity contribution is 5.80. The van der Waals surface area contributed by atoms with E-state index in [2.05, 4.69) is 64.0 Å². The van der Waals surface area contributed by atoms with Crippen molar-refractivity contribution in [2.24, 2.45) is 11.1 Å². The Morgan fingerprint density at radius 3 is 1.96 bits per heavy atom. The molecule has 144 valence electrons. The van der Waals surface area contributed by atoms with Crippen LogP contribution in [-0.2, 0) is 11.3 Å². The molecule has 0 spiro atoms. The number of nitrogens with two attached hydrogens (primary N) is 1. The Balaban J connectivity index is 0.000000496. The molecule has 1 rings (SSSR count). The lowest BCUT2D eigenvalue weighted by Crippen LogP contribution is -2.36. The standard InChI is InChI=1S/C13H27NO.C9H13N/c1-4-7-8-9-10-11-13(5-2,6-3)12(14)15;1-10(2)8-9-6-4-3-5-7-9/h4-11H2,1-3H3,(H2,14,15);3-7H,8H2,1-2H3. The molecule has 1 amide bonds. The molecule has 0 unspecified atom stereocenters. The Labute approximate surface area is 156 Å². The average molecular weight is 349 g/mol. The van der Waals surface area contributed by atoms with E-state index in [1.54, 1.807) is 0 Å². The Morgan fingerprint density at radius 1 is 0.960 bits per heavy atom. The van der Waals surface area contributed by atoms with Crippen LogP contribution in [0.5, 0.6) is 0 Å². The molecule has 1 aromatic rings. The van der Waals surface area contributed by atoms with E-state index in [9.17, 15) is 4.79 Å². The van der Waals surface area contributed by atoms with Crippen LogP contribution in [0.3, 0.4) is 0 Å². The molecular formula is C22H40N2O. The molecule has 3 nitrogen and oxygen atoms in total. The van der Waals surface area contributed by atoms with E-state index in [0.29, 0.717) is 0 Å². The zero-order chi connectivity index (χ0) is 19.1. The van der Waals surface area contributed by atoms with Crippen LogP contribution in [0.15, 0.2) is 30.3 Å². The molecule has 0 aromatic heterocycles. The summed E-state index contributed by atoms with van der Waals surface area (Å²) in [6.07, 6.45) is 8.98. The maximum atomic E-state index is 11.4. The van der Waals surface area contributed by atoms with Crippen molar-refractivity contribution in [3.8, 4) is 0 Å². The molecule has 3 heteroatoms. The number of hydrogen-bond donors (Lipinski definition) is 1. The van der Waals surface area contributed by atoms with E-state index < -0.39 is 0 Å². The Kier molecular flexibility index (Phi) is 13.1. The van der Waals surface area contributed by atoms with Crippen molar-refractivity contribution in [3.63, 3.8) is 0 Å². The molecule has 0 radical (unpaired) electrons. The third-order valence-electron chi connectivity index (χ3n) is 4.98. The van der Waals surface area contributed by atoms with Gasteiger partial charge >= 0.3 is 0 Å². The number of carbonyl (C=O) groups is 1. The topological polar surface area (TPSA) is 46.3 Å². The fourth-order valence-corrected chi connectivity index (χ4v) is 3.09. The highest BCUT2D eigenvalue weighted by atomic mass is 16.1. The molecule has 1 aromatic carbocycles. The number of primary amides is 1. The van der Waals surface area contributed by atoms with E-state index in [0.717, 1.165) is 32.2 Å². The van der Waals surface area contributed by atoms with Crippen molar-refractivity contribution in [1.82, 2.24) is 4.90 Å². The van der Waals surface area contributed by atoms with Crippen LogP contribution in [0.4, 0.5) is 0 Å². The van der Waals surface area contributed by atoms with Gasteiger partial charge in [0.25, 0.3) is 0 Å². The number of benzene rings is 1. The lowest BCUT2D eigenvalue weighted by Gasteiger charge is -2.27. The van der Waals surface area contributed by atoms with Gasteiger partial charge in [-0.3, -0.25) is 4.79 Å². The van der Waals surface area contributed by atoms with Gasteiger partial charge in [0, 0.05) is 12.0 Å². The normalized spacial score (nSPS) is 11.1. The van der Waals surface area contributed by atoms with Gasteiger partial charge in [-0.05, 0) is 38.9 Å². The Bertz CT molecular complexity index is 439. The van der Waals surface area contributed by atoms with Gasteiger partial charge in [0.15, 0.2) is 0 Å². The molecule has 0 aliphatic carbocycles. The summed E-state index contributed by atoms with van der Waals surface area (Å²) in [6, 6.07) is 10.5. The largest absolute Gasteiger partial charge is 0.369 e. The summed E-state index contributed by atoms with van der Waals surface area (Å²) < 4.78 is 0. The fraction of sp³-hybridized carbons (Fsp3) is 0.682. The molecule has 0 bridgehead atoms. The first-order chi connectivity index (χ1) is 11.9. The maximum absolute atomic E-state index is 11.4. The molecule has 0 saturated carbocycles. The first kappa shape index (κ1) is 23.6. The van der Waals surface area contributed by atoms with Gasteiger partial charge < -0.3 is 10.6 Å². The molecule has 0 aliphatic rings. The van der Waals surface area contributed by atoms with Crippen LogP contribution in [0.25, 0.3) is 0 Å². The average Bonchev–Trinajstić information content (AvgIpc) is 2.59. The molecule has 0 atom stereocenters. The van der Waals surface area contributed by atoms with E-state index >= 15 is 0 Å². The molecular weight excluding hydrogens is 308 g/mol. The zero-order valence-electron chi connectivity index (χ0n) is 17.2. The van der Waals surface area contributed by atoms with Crippen molar-refractivity contribution in [1.29, 1.82) is 0 Å². The van der Waals surface area contributed by atoms with Crippen molar-refractivity contribution >= 4 is 5.91 Å². The molecule has 2 N–H and O–H groups in total. The van der Waals surface area contributed by atoms with Crippen LogP contribution in [0, 0.1) is 5.41 Å². The second-order valence-electron chi connectivity index (χ2n) is 7.24. The van der Waals surface area contributed by atoms with Gasteiger partial charge in [-0.25, -0.2) is 0 Å². The van der Waals surface area contributed by atoms with Crippen LogP contribution < -0.4 is 5.73 Å².